The fraction of sp³-hybridized carbons (Fsp3) is 0.800. The van der Waals surface area contributed by atoms with Gasteiger partial charge in [-0.1, -0.05) is 33.6 Å². The van der Waals surface area contributed by atoms with E-state index < -0.39 is 0 Å². The lowest BCUT2D eigenvalue weighted by Gasteiger charge is -2.25. The van der Waals surface area contributed by atoms with Crippen LogP contribution in [0.4, 0.5) is 4.79 Å². The molecule has 0 unspecified atom stereocenters. The van der Waals surface area contributed by atoms with Gasteiger partial charge in [0.2, 0.25) is 5.91 Å². The first kappa shape index (κ1) is 16.0. The van der Waals surface area contributed by atoms with Gasteiger partial charge in [0.1, 0.15) is 6.54 Å². The zero-order chi connectivity index (χ0) is 14.5. The Balaban J connectivity index is 2.37. The summed E-state index contributed by atoms with van der Waals surface area (Å²) in [6, 6.07) is -0.132. The maximum Gasteiger partial charge on any atom is 0.327 e. The molecular formula is C15H27N2O2. The molecule has 1 saturated heterocycles. The molecule has 0 atom stereocenters. The highest BCUT2D eigenvalue weighted by Crippen LogP contribution is 2.28. The Morgan fingerprint density at radius 2 is 1.95 bits per heavy atom. The quantitative estimate of drug-likeness (QED) is 0.634. The average molecular weight is 267 g/mol. The predicted molar refractivity (Wildman–Crippen MR) is 76.6 cm³/mol. The molecule has 4 nitrogen and oxygen atoms in total. The van der Waals surface area contributed by atoms with Crippen molar-refractivity contribution in [2.75, 3.05) is 19.6 Å². The van der Waals surface area contributed by atoms with Crippen LogP contribution in [0.25, 0.3) is 0 Å². The number of likely N-dealkylation sites (N-methyl/N-ethyl adjacent to an activating group) is 1. The third-order valence-corrected chi connectivity index (χ3v) is 3.73. The molecule has 4 heteroatoms. The zero-order valence-electron chi connectivity index (χ0n) is 12.7. The van der Waals surface area contributed by atoms with Crippen LogP contribution in [0.15, 0.2) is 0 Å². The van der Waals surface area contributed by atoms with Crippen LogP contribution >= 0.6 is 0 Å². The minimum absolute atomic E-state index is 0.0633. The molecule has 1 rings (SSSR count). The van der Waals surface area contributed by atoms with Gasteiger partial charge in [-0.05, 0) is 31.6 Å². The molecule has 1 radical (unpaired) electrons. The molecule has 1 fully saturated rings. The van der Waals surface area contributed by atoms with Crippen LogP contribution in [0.3, 0.4) is 0 Å². The van der Waals surface area contributed by atoms with E-state index in [9.17, 15) is 9.59 Å². The van der Waals surface area contributed by atoms with Gasteiger partial charge in [-0.3, -0.25) is 9.69 Å². The topological polar surface area (TPSA) is 40.6 Å². The van der Waals surface area contributed by atoms with Gasteiger partial charge < -0.3 is 4.90 Å². The summed E-state index contributed by atoms with van der Waals surface area (Å²) < 4.78 is 0. The zero-order valence-corrected chi connectivity index (χ0v) is 12.7. The molecule has 0 spiro atoms. The second kappa shape index (κ2) is 6.92. The van der Waals surface area contributed by atoms with E-state index in [4.69, 9.17) is 0 Å². The molecule has 109 valence electrons. The van der Waals surface area contributed by atoms with Gasteiger partial charge in [-0.25, -0.2) is 4.79 Å². The molecule has 0 saturated carbocycles. The third-order valence-electron chi connectivity index (χ3n) is 3.73. The number of carbonyl (C=O) groups excluding carboxylic acids is 2. The van der Waals surface area contributed by atoms with Crippen LogP contribution in [-0.2, 0) is 4.79 Å². The van der Waals surface area contributed by atoms with E-state index in [0.717, 1.165) is 12.8 Å². The van der Waals surface area contributed by atoms with Crippen LogP contribution in [0.2, 0.25) is 0 Å². The molecule has 19 heavy (non-hydrogen) atoms. The number of hydrogen-bond donors (Lipinski definition) is 0. The Labute approximate surface area is 117 Å². The second-order valence-electron chi connectivity index (χ2n) is 5.93. The fourth-order valence-electron chi connectivity index (χ4n) is 2.38. The number of amides is 3. The molecule has 0 aromatic rings. The van der Waals surface area contributed by atoms with Crippen molar-refractivity contribution in [1.29, 1.82) is 0 Å². The van der Waals surface area contributed by atoms with E-state index in [2.05, 4.69) is 27.2 Å². The first-order chi connectivity index (χ1) is 8.91. The Bertz CT molecular complexity index is 326. The lowest BCUT2D eigenvalue weighted by Crippen LogP contribution is -2.34. The minimum atomic E-state index is -0.132. The molecule has 0 N–H and O–H groups in total. The van der Waals surface area contributed by atoms with Gasteiger partial charge in [0.15, 0.2) is 0 Å². The summed E-state index contributed by atoms with van der Waals surface area (Å²) in [7, 11) is 0. The molecule has 0 aromatic carbocycles. The Kier molecular flexibility index (Phi) is 5.83. The molecular weight excluding hydrogens is 240 g/mol. The molecule has 1 aliphatic heterocycles. The van der Waals surface area contributed by atoms with Crippen molar-refractivity contribution in [1.82, 2.24) is 9.80 Å². The van der Waals surface area contributed by atoms with Crippen LogP contribution in [0, 0.1) is 11.8 Å². The normalized spacial score (nSPS) is 16.6. The summed E-state index contributed by atoms with van der Waals surface area (Å²) in [6.45, 7) is 9.89. The van der Waals surface area contributed by atoms with Crippen LogP contribution < -0.4 is 0 Å². The van der Waals surface area contributed by atoms with Crippen molar-refractivity contribution in [2.45, 2.75) is 53.4 Å². The van der Waals surface area contributed by atoms with E-state index in [1.165, 1.54) is 17.7 Å². The van der Waals surface area contributed by atoms with Crippen molar-refractivity contribution in [3.63, 3.8) is 0 Å². The first-order valence-electron chi connectivity index (χ1n) is 7.35. The summed E-state index contributed by atoms with van der Waals surface area (Å²) in [4.78, 5) is 26.6. The largest absolute Gasteiger partial charge is 0.327 e. The van der Waals surface area contributed by atoms with Crippen molar-refractivity contribution >= 4 is 11.9 Å². The molecule has 0 aromatic heterocycles. The Hall–Kier alpha value is -1.06. The maximum atomic E-state index is 11.9. The van der Waals surface area contributed by atoms with Crippen LogP contribution in [0.5, 0.6) is 0 Å². The highest BCUT2D eigenvalue weighted by atomic mass is 16.2. The number of hydrogen-bond acceptors (Lipinski definition) is 2. The molecule has 0 bridgehead atoms. The number of nitrogens with zero attached hydrogens (tertiary/aromatic N) is 2. The Morgan fingerprint density at radius 3 is 2.47 bits per heavy atom. The Morgan fingerprint density at radius 1 is 1.26 bits per heavy atom. The van der Waals surface area contributed by atoms with E-state index in [1.807, 2.05) is 6.92 Å². The number of carbonyl (C=O) groups is 2. The van der Waals surface area contributed by atoms with Gasteiger partial charge in [0.25, 0.3) is 0 Å². The highest BCUT2D eigenvalue weighted by molar-refractivity contribution is 6.01. The molecule has 0 aliphatic carbocycles. The van der Waals surface area contributed by atoms with Gasteiger partial charge in [-0.2, -0.15) is 0 Å². The van der Waals surface area contributed by atoms with E-state index in [-0.39, 0.29) is 23.9 Å². The smallest absolute Gasteiger partial charge is 0.315 e. The molecule has 3 amide bonds. The van der Waals surface area contributed by atoms with Gasteiger partial charge >= 0.3 is 6.03 Å². The van der Waals surface area contributed by atoms with E-state index in [0.29, 0.717) is 13.1 Å². The fourth-order valence-corrected chi connectivity index (χ4v) is 2.38. The van der Waals surface area contributed by atoms with Crippen LogP contribution in [-0.4, -0.2) is 41.4 Å². The van der Waals surface area contributed by atoms with Crippen LogP contribution in [0.1, 0.15) is 53.4 Å². The first-order valence-corrected chi connectivity index (χ1v) is 7.35. The van der Waals surface area contributed by atoms with Crippen molar-refractivity contribution in [2.24, 2.45) is 5.41 Å². The van der Waals surface area contributed by atoms with Crippen molar-refractivity contribution < 1.29 is 9.59 Å². The average Bonchev–Trinajstić information content (AvgIpc) is 2.63. The number of imide groups is 1. The predicted octanol–water partition coefficient (Wildman–Crippen LogP) is 3.08. The maximum absolute atomic E-state index is 11.9. The third kappa shape index (κ3) is 4.51. The summed E-state index contributed by atoms with van der Waals surface area (Å²) in [5, 5.41) is 0. The summed E-state index contributed by atoms with van der Waals surface area (Å²) in [5.41, 5.74) is 0.187. The highest BCUT2D eigenvalue weighted by Gasteiger charge is 2.34. The summed E-state index contributed by atoms with van der Waals surface area (Å²) in [5.74, 6) is -0.0633. The van der Waals surface area contributed by atoms with Gasteiger partial charge in [0, 0.05) is 13.1 Å². The lowest BCUT2D eigenvalue weighted by atomic mass is 9.83. The number of unbranched alkanes of at least 4 members (excludes halogenated alkanes) is 1. The summed E-state index contributed by atoms with van der Waals surface area (Å²) >= 11 is 0. The lowest BCUT2D eigenvalue weighted by molar-refractivity contribution is -0.125. The van der Waals surface area contributed by atoms with Crippen molar-refractivity contribution in [3.8, 4) is 0 Å². The van der Waals surface area contributed by atoms with E-state index >= 15 is 0 Å². The number of urea groups is 1. The standard InChI is InChI=1S/C15H27N2O2/c1-5-7-9-15(3,4)10-8-11-17-13(18)12-16(6-2)14(17)19/h10H,5-9,11-12H2,1-4H3. The van der Waals surface area contributed by atoms with Crippen molar-refractivity contribution in [3.05, 3.63) is 6.42 Å². The number of rotatable bonds is 8. The SMILES string of the molecule is CCCCC(C)(C)[CH]CCN1C(=O)CN(CC)C1=O. The van der Waals surface area contributed by atoms with E-state index in [1.54, 1.807) is 4.90 Å². The van der Waals surface area contributed by atoms with Gasteiger partial charge in [-0.15, -0.1) is 0 Å². The molecule has 1 heterocycles. The van der Waals surface area contributed by atoms with Gasteiger partial charge in [0.05, 0.1) is 0 Å². The monoisotopic (exact) mass is 267 g/mol. The molecule has 1 aliphatic rings. The summed E-state index contributed by atoms with van der Waals surface area (Å²) in [6.07, 6.45) is 6.61. The second-order valence-corrected chi connectivity index (χ2v) is 5.93. The minimum Gasteiger partial charge on any atom is -0.315 e.